The Bertz CT molecular complexity index is 547. The lowest BCUT2D eigenvalue weighted by atomic mass is 9.90. The van der Waals surface area contributed by atoms with E-state index in [2.05, 4.69) is 61.5 Å². The first-order valence-corrected chi connectivity index (χ1v) is 13.5. The fraction of sp³-hybridized carbons (Fsp3) is 0.800. The van der Waals surface area contributed by atoms with Crippen LogP contribution in [0.2, 0.25) is 0 Å². The molecule has 4 nitrogen and oxygen atoms in total. The second kappa shape index (κ2) is 21.9. The molecule has 0 heterocycles. The highest BCUT2D eigenvalue weighted by Gasteiger charge is 2.11. The van der Waals surface area contributed by atoms with Crippen molar-refractivity contribution in [3.8, 4) is 0 Å². The molecule has 0 aliphatic rings. The van der Waals surface area contributed by atoms with Crippen LogP contribution in [0.4, 0.5) is 0 Å². The molecule has 0 aromatic heterocycles. The highest BCUT2D eigenvalue weighted by Crippen LogP contribution is 2.21. The standard InChI is InChI=1S/C17H32O2.C13H24O2/c1-5-6-7-8-9-10-11-13-16(18)19-15-12-14-17(2,3)4;1-5-6-7-11-15-12(14)9-8-10-13(2,3)4/h10-11H,5-9,12-15H2,1-4H3;6-7H,5,8-11H2,1-4H3/b11-10-;7-6-. The molecule has 0 aromatic rings. The monoisotopic (exact) mass is 480 g/mol. The number of ether oxygens (including phenoxy) is 2. The van der Waals surface area contributed by atoms with Crippen molar-refractivity contribution in [2.24, 2.45) is 10.8 Å². The highest BCUT2D eigenvalue weighted by molar-refractivity contribution is 5.71. The SMILES string of the molecule is CC/C=C\COC(=O)CCCC(C)(C)C.CCCCCC/C=C\CC(=O)OCCCC(C)(C)C. The van der Waals surface area contributed by atoms with E-state index >= 15 is 0 Å². The van der Waals surface area contributed by atoms with Gasteiger partial charge in [0.1, 0.15) is 6.61 Å². The summed E-state index contributed by atoms with van der Waals surface area (Å²) in [7, 11) is 0. The quantitative estimate of drug-likeness (QED) is 0.126. The average Bonchev–Trinajstić information content (AvgIpc) is 2.72. The molecule has 0 aromatic carbocycles. The third kappa shape index (κ3) is 32.6. The van der Waals surface area contributed by atoms with Gasteiger partial charge >= 0.3 is 11.9 Å². The van der Waals surface area contributed by atoms with Crippen LogP contribution >= 0.6 is 0 Å². The van der Waals surface area contributed by atoms with Crippen molar-refractivity contribution in [3.63, 3.8) is 0 Å². The number of allylic oxidation sites excluding steroid dienone is 2. The summed E-state index contributed by atoms with van der Waals surface area (Å²) >= 11 is 0. The first-order valence-electron chi connectivity index (χ1n) is 13.5. The molecular formula is C30H56O4. The molecule has 0 amide bonds. The molecule has 0 rings (SSSR count). The first-order chi connectivity index (χ1) is 15.9. The molecule has 0 aliphatic heterocycles. The van der Waals surface area contributed by atoms with Crippen LogP contribution in [0, 0.1) is 10.8 Å². The molecule has 4 heteroatoms. The molecular weight excluding hydrogens is 424 g/mol. The van der Waals surface area contributed by atoms with Crippen LogP contribution in [-0.4, -0.2) is 25.2 Å². The minimum atomic E-state index is -0.0984. The molecule has 0 aliphatic carbocycles. The Morgan fingerprint density at radius 3 is 1.91 bits per heavy atom. The van der Waals surface area contributed by atoms with Gasteiger partial charge in [-0.1, -0.05) is 99.0 Å². The summed E-state index contributed by atoms with van der Waals surface area (Å²) in [5.74, 6) is -0.182. The zero-order valence-electron chi connectivity index (χ0n) is 23.8. The smallest absolute Gasteiger partial charge is 0.309 e. The fourth-order valence-corrected chi connectivity index (χ4v) is 3.04. The maximum Gasteiger partial charge on any atom is 0.309 e. The lowest BCUT2D eigenvalue weighted by molar-refractivity contribution is -0.143. The van der Waals surface area contributed by atoms with E-state index in [1.54, 1.807) is 0 Å². The van der Waals surface area contributed by atoms with Crippen molar-refractivity contribution in [2.75, 3.05) is 13.2 Å². The molecule has 34 heavy (non-hydrogen) atoms. The average molecular weight is 481 g/mol. The summed E-state index contributed by atoms with van der Waals surface area (Å²) in [5.41, 5.74) is 0.632. The number of unbranched alkanes of at least 4 members (excludes halogenated alkanes) is 4. The van der Waals surface area contributed by atoms with E-state index in [4.69, 9.17) is 9.47 Å². The Balaban J connectivity index is 0. The van der Waals surface area contributed by atoms with E-state index in [0.29, 0.717) is 36.9 Å². The van der Waals surface area contributed by atoms with Gasteiger partial charge in [0.2, 0.25) is 0 Å². The molecule has 0 radical (unpaired) electrons. The van der Waals surface area contributed by atoms with Crippen molar-refractivity contribution < 1.29 is 19.1 Å². The van der Waals surface area contributed by atoms with Crippen molar-refractivity contribution in [1.29, 1.82) is 0 Å². The predicted molar refractivity (Wildman–Crippen MR) is 146 cm³/mol. The number of esters is 2. The molecule has 0 bridgehead atoms. The van der Waals surface area contributed by atoms with Crippen LogP contribution in [0.25, 0.3) is 0 Å². The summed E-state index contributed by atoms with van der Waals surface area (Å²) in [6.45, 7) is 18.4. The van der Waals surface area contributed by atoms with E-state index in [1.807, 2.05) is 18.2 Å². The van der Waals surface area contributed by atoms with E-state index in [-0.39, 0.29) is 11.9 Å². The topological polar surface area (TPSA) is 52.6 Å². The van der Waals surface area contributed by atoms with Gasteiger partial charge in [-0.25, -0.2) is 0 Å². The van der Waals surface area contributed by atoms with Crippen LogP contribution in [0.3, 0.4) is 0 Å². The maximum atomic E-state index is 11.4. The molecule has 0 N–H and O–H groups in total. The van der Waals surface area contributed by atoms with Crippen LogP contribution < -0.4 is 0 Å². The molecule has 0 fully saturated rings. The number of hydrogen-bond acceptors (Lipinski definition) is 4. The van der Waals surface area contributed by atoms with Crippen LogP contribution in [-0.2, 0) is 19.1 Å². The van der Waals surface area contributed by atoms with Gasteiger partial charge in [-0.05, 0) is 55.8 Å². The first kappa shape index (κ1) is 34.6. The van der Waals surface area contributed by atoms with E-state index in [9.17, 15) is 9.59 Å². The van der Waals surface area contributed by atoms with Gasteiger partial charge < -0.3 is 9.47 Å². The summed E-state index contributed by atoms with van der Waals surface area (Å²) in [6, 6.07) is 0. The summed E-state index contributed by atoms with van der Waals surface area (Å²) < 4.78 is 10.2. The highest BCUT2D eigenvalue weighted by atomic mass is 16.5. The largest absolute Gasteiger partial charge is 0.465 e. The molecule has 0 saturated heterocycles. The zero-order chi connectivity index (χ0) is 26.3. The number of rotatable bonds is 16. The van der Waals surface area contributed by atoms with Crippen LogP contribution in [0.15, 0.2) is 24.3 Å². The van der Waals surface area contributed by atoms with Gasteiger partial charge in [-0.3, -0.25) is 9.59 Å². The van der Waals surface area contributed by atoms with Crippen molar-refractivity contribution in [1.82, 2.24) is 0 Å². The summed E-state index contributed by atoms with van der Waals surface area (Å²) in [4.78, 5) is 22.7. The number of hydrogen-bond donors (Lipinski definition) is 0. The Labute approximate surface area is 211 Å². The van der Waals surface area contributed by atoms with Gasteiger partial charge in [0.05, 0.1) is 13.0 Å². The van der Waals surface area contributed by atoms with Gasteiger partial charge in [0.15, 0.2) is 0 Å². The minimum Gasteiger partial charge on any atom is -0.465 e. The van der Waals surface area contributed by atoms with Crippen LogP contribution in [0.1, 0.15) is 132 Å². The molecule has 0 saturated carbocycles. The summed E-state index contributed by atoms with van der Waals surface area (Å²) in [5, 5.41) is 0. The van der Waals surface area contributed by atoms with Crippen molar-refractivity contribution in [3.05, 3.63) is 24.3 Å². The van der Waals surface area contributed by atoms with Crippen LogP contribution in [0.5, 0.6) is 0 Å². The second-order valence-corrected chi connectivity index (χ2v) is 11.4. The van der Waals surface area contributed by atoms with Gasteiger partial charge in [-0.15, -0.1) is 0 Å². The second-order valence-electron chi connectivity index (χ2n) is 11.4. The normalized spacial score (nSPS) is 12.0. The Kier molecular flexibility index (Phi) is 22.3. The lowest BCUT2D eigenvalue weighted by Gasteiger charge is -2.17. The van der Waals surface area contributed by atoms with Crippen molar-refractivity contribution >= 4 is 11.9 Å². The zero-order valence-corrected chi connectivity index (χ0v) is 23.8. The predicted octanol–water partition coefficient (Wildman–Crippen LogP) is 8.98. The van der Waals surface area contributed by atoms with Gasteiger partial charge in [-0.2, -0.15) is 0 Å². The fourth-order valence-electron chi connectivity index (χ4n) is 3.04. The van der Waals surface area contributed by atoms with Gasteiger partial charge in [0.25, 0.3) is 0 Å². The Morgan fingerprint density at radius 1 is 0.676 bits per heavy atom. The van der Waals surface area contributed by atoms with E-state index in [0.717, 1.165) is 38.5 Å². The minimum absolute atomic E-state index is 0.0833. The van der Waals surface area contributed by atoms with Gasteiger partial charge in [0, 0.05) is 6.42 Å². The molecule has 200 valence electrons. The number of carbonyl (C=O) groups is 2. The lowest BCUT2D eigenvalue weighted by Crippen LogP contribution is -2.09. The maximum absolute atomic E-state index is 11.4. The third-order valence-corrected chi connectivity index (χ3v) is 5.06. The molecule has 0 unspecified atom stereocenters. The van der Waals surface area contributed by atoms with E-state index in [1.165, 1.54) is 25.7 Å². The van der Waals surface area contributed by atoms with E-state index < -0.39 is 0 Å². The Morgan fingerprint density at radius 2 is 1.32 bits per heavy atom. The molecule has 0 spiro atoms. The van der Waals surface area contributed by atoms with Crippen molar-refractivity contribution in [2.45, 2.75) is 132 Å². The third-order valence-electron chi connectivity index (χ3n) is 5.06. The molecule has 0 atom stereocenters. The summed E-state index contributed by atoms with van der Waals surface area (Å²) in [6.07, 6.45) is 20.1. The Hall–Kier alpha value is -1.58. The number of carbonyl (C=O) groups excluding carboxylic acids is 2.